The van der Waals surface area contributed by atoms with Crippen molar-refractivity contribution in [2.75, 3.05) is 6.54 Å². The Kier molecular flexibility index (Phi) is 4.63. The molecule has 17 heavy (non-hydrogen) atoms. The Morgan fingerprint density at radius 3 is 2.82 bits per heavy atom. The van der Waals surface area contributed by atoms with Crippen molar-refractivity contribution < 1.29 is 4.74 Å². The summed E-state index contributed by atoms with van der Waals surface area (Å²) >= 11 is 0. The summed E-state index contributed by atoms with van der Waals surface area (Å²) in [6, 6.07) is 8.62. The van der Waals surface area contributed by atoms with Crippen LogP contribution in [0.4, 0.5) is 0 Å². The summed E-state index contributed by atoms with van der Waals surface area (Å²) in [7, 11) is 0. The Morgan fingerprint density at radius 2 is 2.12 bits per heavy atom. The molecule has 0 amide bonds. The topological polar surface area (TPSA) is 21.3 Å². The summed E-state index contributed by atoms with van der Waals surface area (Å²) in [6.45, 7) is 4.07. The van der Waals surface area contributed by atoms with E-state index in [-0.39, 0.29) is 0 Å². The van der Waals surface area contributed by atoms with Gasteiger partial charge in [0.05, 0.1) is 6.26 Å². The smallest absolute Gasteiger partial charge is 0.110 e. The molecule has 1 heterocycles. The highest BCUT2D eigenvalue weighted by molar-refractivity contribution is 5.26. The molecule has 1 N–H and O–H groups in total. The monoisotopic (exact) mass is 231 g/mol. The van der Waals surface area contributed by atoms with Crippen LogP contribution in [0.3, 0.4) is 0 Å². The second kappa shape index (κ2) is 6.45. The standard InChI is InChI=1S/C15H21NO/c1-2-13-7-3-4-8-14(13)11-16-12-15-9-5-6-10-17-15/h3-4,6-8,10,15-16H,2,5,9,11-12H2,1H3. The van der Waals surface area contributed by atoms with Gasteiger partial charge in [-0.25, -0.2) is 0 Å². The molecule has 0 spiro atoms. The molecular formula is C15H21NO. The highest BCUT2D eigenvalue weighted by Gasteiger charge is 2.10. The van der Waals surface area contributed by atoms with Crippen LogP contribution >= 0.6 is 0 Å². The molecule has 1 aromatic rings. The van der Waals surface area contributed by atoms with E-state index in [1.807, 2.05) is 6.26 Å². The van der Waals surface area contributed by atoms with Crippen LogP contribution in [0.25, 0.3) is 0 Å². The summed E-state index contributed by atoms with van der Waals surface area (Å²) in [5.74, 6) is 0. The lowest BCUT2D eigenvalue weighted by Crippen LogP contribution is -2.29. The van der Waals surface area contributed by atoms with Gasteiger partial charge >= 0.3 is 0 Å². The molecule has 1 aromatic carbocycles. The number of hydrogen-bond acceptors (Lipinski definition) is 2. The van der Waals surface area contributed by atoms with Gasteiger partial charge in [-0.05, 0) is 36.5 Å². The van der Waals surface area contributed by atoms with Gasteiger partial charge in [0.1, 0.15) is 6.10 Å². The molecule has 0 radical (unpaired) electrons. The van der Waals surface area contributed by atoms with E-state index in [4.69, 9.17) is 4.74 Å². The molecule has 2 heteroatoms. The van der Waals surface area contributed by atoms with Gasteiger partial charge in [-0.2, -0.15) is 0 Å². The van der Waals surface area contributed by atoms with Crippen molar-refractivity contribution in [2.24, 2.45) is 0 Å². The molecule has 1 atom stereocenters. The van der Waals surface area contributed by atoms with Crippen molar-refractivity contribution in [1.29, 1.82) is 0 Å². The number of allylic oxidation sites excluding steroid dienone is 1. The van der Waals surface area contributed by atoms with E-state index in [1.165, 1.54) is 11.1 Å². The number of benzene rings is 1. The molecule has 2 rings (SSSR count). The SMILES string of the molecule is CCc1ccccc1CNCC1CCC=CO1. The van der Waals surface area contributed by atoms with Crippen molar-refractivity contribution >= 4 is 0 Å². The second-order valence-electron chi connectivity index (χ2n) is 4.46. The minimum atomic E-state index is 0.341. The molecule has 0 aromatic heterocycles. The van der Waals surface area contributed by atoms with E-state index in [1.54, 1.807) is 0 Å². The fourth-order valence-corrected chi connectivity index (χ4v) is 2.18. The lowest BCUT2D eigenvalue weighted by Gasteiger charge is -2.20. The van der Waals surface area contributed by atoms with Crippen LogP contribution in [0, 0.1) is 0 Å². The van der Waals surface area contributed by atoms with Gasteiger partial charge in [-0.15, -0.1) is 0 Å². The first-order valence-electron chi connectivity index (χ1n) is 6.48. The van der Waals surface area contributed by atoms with Crippen LogP contribution < -0.4 is 5.32 Å². The van der Waals surface area contributed by atoms with Crippen molar-refractivity contribution in [1.82, 2.24) is 5.32 Å². The summed E-state index contributed by atoms with van der Waals surface area (Å²) in [5.41, 5.74) is 2.84. The number of aryl methyl sites for hydroxylation is 1. The molecule has 1 aliphatic rings. The van der Waals surface area contributed by atoms with Crippen LogP contribution in [0.5, 0.6) is 0 Å². The highest BCUT2D eigenvalue weighted by atomic mass is 16.5. The van der Waals surface area contributed by atoms with Crippen molar-refractivity contribution in [3.63, 3.8) is 0 Å². The van der Waals surface area contributed by atoms with Gasteiger partial charge in [0.15, 0.2) is 0 Å². The average molecular weight is 231 g/mol. The molecule has 0 bridgehead atoms. The lowest BCUT2D eigenvalue weighted by atomic mass is 10.1. The molecule has 0 saturated carbocycles. The normalized spacial score (nSPS) is 19.0. The quantitative estimate of drug-likeness (QED) is 0.841. The minimum Gasteiger partial charge on any atom is -0.497 e. The van der Waals surface area contributed by atoms with E-state index in [0.717, 1.165) is 32.4 Å². The van der Waals surface area contributed by atoms with E-state index in [2.05, 4.69) is 42.6 Å². The van der Waals surface area contributed by atoms with Gasteiger partial charge in [0.2, 0.25) is 0 Å². The lowest BCUT2D eigenvalue weighted by molar-refractivity contribution is 0.122. The maximum Gasteiger partial charge on any atom is 0.110 e. The Bertz CT molecular complexity index is 373. The van der Waals surface area contributed by atoms with Gasteiger partial charge in [0, 0.05) is 13.1 Å². The van der Waals surface area contributed by atoms with Crippen molar-refractivity contribution in [3.8, 4) is 0 Å². The maximum atomic E-state index is 5.53. The summed E-state index contributed by atoms with van der Waals surface area (Å²) in [6.07, 6.45) is 7.62. The second-order valence-corrected chi connectivity index (χ2v) is 4.46. The summed E-state index contributed by atoms with van der Waals surface area (Å²) in [4.78, 5) is 0. The highest BCUT2D eigenvalue weighted by Crippen LogP contribution is 2.11. The largest absolute Gasteiger partial charge is 0.497 e. The fourth-order valence-electron chi connectivity index (χ4n) is 2.18. The van der Waals surface area contributed by atoms with E-state index in [0.29, 0.717) is 6.10 Å². The zero-order chi connectivity index (χ0) is 11.9. The summed E-state index contributed by atoms with van der Waals surface area (Å²) < 4.78 is 5.53. The Morgan fingerprint density at radius 1 is 1.29 bits per heavy atom. The first-order chi connectivity index (χ1) is 8.40. The number of ether oxygens (including phenoxy) is 1. The Balaban J connectivity index is 1.79. The first kappa shape index (κ1) is 12.2. The molecule has 2 nitrogen and oxygen atoms in total. The maximum absolute atomic E-state index is 5.53. The average Bonchev–Trinajstić information content (AvgIpc) is 2.40. The fraction of sp³-hybridized carbons (Fsp3) is 0.467. The molecule has 0 aliphatic carbocycles. The Hall–Kier alpha value is -1.28. The van der Waals surface area contributed by atoms with Gasteiger partial charge in [-0.1, -0.05) is 31.2 Å². The molecular weight excluding hydrogens is 210 g/mol. The third-order valence-electron chi connectivity index (χ3n) is 3.21. The molecule has 92 valence electrons. The van der Waals surface area contributed by atoms with E-state index in [9.17, 15) is 0 Å². The predicted molar refractivity (Wildman–Crippen MR) is 70.8 cm³/mol. The number of rotatable bonds is 5. The number of hydrogen-bond donors (Lipinski definition) is 1. The van der Waals surface area contributed by atoms with Crippen molar-refractivity contribution in [3.05, 3.63) is 47.7 Å². The number of nitrogens with one attached hydrogen (secondary N) is 1. The zero-order valence-electron chi connectivity index (χ0n) is 10.5. The third-order valence-corrected chi connectivity index (χ3v) is 3.21. The predicted octanol–water partition coefficient (Wildman–Crippen LogP) is 3.03. The first-order valence-corrected chi connectivity index (χ1v) is 6.48. The molecule has 1 unspecified atom stereocenters. The minimum absolute atomic E-state index is 0.341. The summed E-state index contributed by atoms with van der Waals surface area (Å²) in [5, 5.41) is 3.49. The third kappa shape index (κ3) is 3.60. The van der Waals surface area contributed by atoms with Crippen molar-refractivity contribution in [2.45, 2.75) is 38.8 Å². The molecule has 1 aliphatic heterocycles. The zero-order valence-corrected chi connectivity index (χ0v) is 10.5. The van der Waals surface area contributed by atoms with Crippen LogP contribution in [0.15, 0.2) is 36.6 Å². The Labute approximate surface area is 104 Å². The molecule has 0 saturated heterocycles. The van der Waals surface area contributed by atoms with Gasteiger partial charge < -0.3 is 10.1 Å². The van der Waals surface area contributed by atoms with Crippen LogP contribution in [0.2, 0.25) is 0 Å². The van der Waals surface area contributed by atoms with Gasteiger partial charge in [0.25, 0.3) is 0 Å². The van der Waals surface area contributed by atoms with E-state index >= 15 is 0 Å². The van der Waals surface area contributed by atoms with E-state index < -0.39 is 0 Å². The van der Waals surface area contributed by atoms with Crippen LogP contribution in [0.1, 0.15) is 30.9 Å². The van der Waals surface area contributed by atoms with Gasteiger partial charge in [-0.3, -0.25) is 0 Å². The van der Waals surface area contributed by atoms with Crippen LogP contribution in [-0.2, 0) is 17.7 Å². The molecule has 0 fully saturated rings. The van der Waals surface area contributed by atoms with Crippen LogP contribution in [-0.4, -0.2) is 12.6 Å².